The van der Waals surface area contributed by atoms with Gasteiger partial charge < -0.3 is 10.0 Å². The van der Waals surface area contributed by atoms with Crippen molar-refractivity contribution in [2.24, 2.45) is 5.41 Å². The number of hydrogen-bond donors (Lipinski definition) is 1. The van der Waals surface area contributed by atoms with Gasteiger partial charge in [0.2, 0.25) is 15.9 Å². The minimum atomic E-state index is -4.17. The number of likely N-dealkylation sites (tertiary alicyclic amines) is 1. The van der Waals surface area contributed by atoms with Crippen molar-refractivity contribution in [2.75, 3.05) is 13.1 Å². The first-order valence-corrected chi connectivity index (χ1v) is 12.6. The summed E-state index contributed by atoms with van der Waals surface area (Å²) in [7, 11) is -4.17. The molecule has 0 bridgehead atoms. The number of aliphatic carboxylic acids is 1. The Morgan fingerprint density at radius 3 is 2.27 bits per heavy atom. The Morgan fingerprint density at radius 2 is 1.79 bits per heavy atom. The fourth-order valence-corrected chi connectivity index (χ4v) is 5.18. The molecule has 10 heteroatoms. The quantitative estimate of drug-likeness (QED) is 0.558. The van der Waals surface area contributed by atoms with E-state index in [0.717, 1.165) is 9.71 Å². The molecule has 1 aromatic rings. The third kappa shape index (κ3) is 5.65. The normalized spacial score (nSPS) is 19.3. The molecule has 0 aromatic heterocycles. The summed E-state index contributed by atoms with van der Waals surface area (Å²) in [5.74, 6) is -2.14. The van der Waals surface area contributed by atoms with Crippen LogP contribution in [-0.4, -0.2) is 65.1 Å². The average Bonchev–Trinajstić information content (AvgIpc) is 3.10. The number of halogens is 1. The van der Waals surface area contributed by atoms with Crippen molar-refractivity contribution < 1.29 is 27.9 Å². The standard InChI is InChI=1S/C23H31ClN2O6S/c1-6-18(27)15-26(33(31,32)14-12-16-7-9-17(24)10-8-16)19-11-13-25(20(19)28)23(5,21(29)30)22(2,3)4/h7-10,12,14,19H,6,11,13,15H2,1-5H3,(H,29,30)/t19-,23+/m0/s1. The van der Waals surface area contributed by atoms with Gasteiger partial charge in [-0.2, -0.15) is 4.31 Å². The Morgan fingerprint density at radius 1 is 1.21 bits per heavy atom. The second kappa shape index (κ2) is 9.95. The molecule has 0 saturated carbocycles. The van der Waals surface area contributed by atoms with Gasteiger partial charge in [-0.05, 0) is 42.5 Å². The van der Waals surface area contributed by atoms with E-state index in [0.29, 0.717) is 10.6 Å². The third-order valence-electron chi connectivity index (χ3n) is 6.30. The predicted molar refractivity (Wildman–Crippen MR) is 127 cm³/mol. The molecule has 1 heterocycles. The van der Waals surface area contributed by atoms with Crippen LogP contribution in [0.3, 0.4) is 0 Å². The largest absolute Gasteiger partial charge is 0.479 e. The monoisotopic (exact) mass is 498 g/mol. The predicted octanol–water partition coefficient (Wildman–Crippen LogP) is 3.41. The number of carbonyl (C=O) groups excluding carboxylic acids is 2. The van der Waals surface area contributed by atoms with Gasteiger partial charge >= 0.3 is 5.97 Å². The van der Waals surface area contributed by atoms with Crippen LogP contribution in [0.4, 0.5) is 0 Å². The fourth-order valence-electron chi connectivity index (χ4n) is 3.70. The summed E-state index contributed by atoms with van der Waals surface area (Å²) in [6.45, 7) is 7.82. The number of hydrogen-bond acceptors (Lipinski definition) is 5. The minimum Gasteiger partial charge on any atom is -0.479 e. The lowest BCUT2D eigenvalue weighted by atomic mass is 9.73. The van der Waals surface area contributed by atoms with Crippen LogP contribution in [-0.2, 0) is 24.4 Å². The van der Waals surface area contributed by atoms with Gasteiger partial charge in [-0.15, -0.1) is 0 Å². The lowest BCUT2D eigenvalue weighted by Crippen LogP contribution is -2.62. The zero-order chi connectivity index (χ0) is 25.2. The van der Waals surface area contributed by atoms with E-state index in [1.54, 1.807) is 52.0 Å². The minimum absolute atomic E-state index is 0.0663. The van der Waals surface area contributed by atoms with Crippen molar-refractivity contribution in [3.05, 3.63) is 40.3 Å². The Balaban J connectivity index is 2.43. The molecule has 2 rings (SSSR count). The van der Waals surface area contributed by atoms with Crippen molar-refractivity contribution in [3.8, 4) is 0 Å². The number of benzene rings is 1. The van der Waals surface area contributed by atoms with Gasteiger partial charge in [-0.25, -0.2) is 13.2 Å². The highest BCUT2D eigenvalue weighted by atomic mass is 35.5. The number of Topliss-reactive ketones (excluding diaryl/α,β-unsaturated/α-hetero) is 1. The summed E-state index contributed by atoms with van der Waals surface area (Å²) < 4.78 is 27.3. The van der Waals surface area contributed by atoms with Crippen molar-refractivity contribution in [1.82, 2.24) is 9.21 Å². The molecule has 2 atom stereocenters. The zero-order valence-corrected chi connectivity index (χ0v) is 21.1. The van der Waals surface area contributed by atoms with Gasteiger partial charge in [0.15, 0.2) is 0 Å². The van der Waals surface area contributed by atoms with E-state index < -0.39 is 45.4 Å². The van der Waals surface area contributed by atoms with Crippen molar-refractivity contribution in [1.29, 1.82) is 0 Å². The molecule has 1 fully saturated rings. The Bertz CT molecular complexity index is 1050. The lowest BCUT2D eigenvalue weighted by Gasteiger charge is -2.45. The topological polar surface area (TPSA) is 112 Å². The summed E-state index contributed by atoms with van der Waals surface area (Å²) in [6.07, 6.45) is 1.55. The molecule has 1 N–H and O–H groups in total. The molecule has 0 aliphatic carbocycles. The molecule has 0 radical (unpaired) electrons. The number of rotatable bonds is 9. The van der Waals surface area contributed by atoms with E-state index in [9.17, 15) is 27.9 Å². The van der Waals surface area contributed by atoms with E-state index in [4.69, 9.17) is 11.6 Å². The van der Waals surface area contributed by atoms with Crippen LogP contribution < -0.4 is 0 Å². The first-order chi connectivity index (χ1) is 15.1. The fraction of sp³-hybridized carbons (Fsp3) is 0.522. The SMILES string of the molecule is CCC(=O)CN([C@H]1CCN([C@](C)(C(=O)O)C(C)(C)C)C1=O)S(=O)(=O)C=Cc1ccc(Cl)cc1. The third-order valence-corrected chi connectivity index (χ3v) is 8.07. The van der Waals surface area contributed by atoms with E-state index in [2.05, 4.69) is 0 Å². The first kappa shape index (κ1) is 27.0. The van der Waals surface area contributed by atoms with Crippen molar-refractivity contribution in [2.45, 2.75) is 59.0 Å². The molecule has 0 spiro atoms. The van der Waals surface area contributed by atoms with Crippen LogP contribution in [0.15, 0.2) is 29.7 Å². The number of ketones is 1. The molecule has 182 valence electrons. The average molecular weight is 499 g/mol. The van der Waals surface area contributed by atoms with Crippen LogP contribution in [0, 0.1) is 5.41 Å². The van der Waals surface area contributed by atoms with Gasteiger partial charge in [0.1, 0.15) is 17.4 Å². The molecule has 1 aliphatic rings. The molecule has 8 nitrogen and oxygen atoms in total. The molecule has 1 amide bonds. The molecular weight excluding hydrogens is 468 g/mol. The van der Waals surface area contributed by atoms with Crippen molar-refractivity contribution >= 4 is 45.4 Å². The summed E-state index contributed by atoms with van der Waals surface area (Å²) in [6, 6.07) is 5.34. The zero-order valence-electron chi connectivity index (χ0n) is 19.5. The Kier molecular flexibility index (Phi) is 8.14. The maximum atomic E-state index is 13.4. The maximum absolute atomic E-state index is 13.4. The number of amides is 1. The summed E-state index contributed by atoms with van der Waals surface area (Å²) in [5.41, 5.74) is -1.79. The smallest absolute Gasteiger partial charge is 0.329 e. The summed E-state index contributed by atoms with van der Waals surface area (Å²) in [5, 5.41) is 11.4. The van der Waals surface area contributed by atoms with E-state index in [-0.39, 0.29) is 25.2 Å². The number of carboxylic acids is 1. The lowest BCUT2D eigenvalue weighted by molar-refractivity contribution is -0.164. The summed E-state index contributed by atoms with van der Waals surface area (Å²) in [4.78, 5) is 39.0. The van der Waals surface area contributed by atoms with E-state index in [1.165, 1.54) is 17.9 Å². The number of sulfonamides is 1. The highest BCUT2D eigenvalue weighted by Gasteiger charge is 2.55. The molecular formula is C23H31ClN2O6S. The molecule has 1 aliphatic heterocycles. The number of carboxylic acid groups (broad SMARTS) is 1. The highest BCUT2D eigenvalue weighted by molar-refractivity contribution is 7.92. The highest BCUT2D eigenvalue weighted by Crippen LogP contribution is 2.39. The van der Waals surface area contributed by atoms with Crippen LogP contribution >= 0.6 is 11.6 Å². The summed E-state index contributed by atoms with van der Waals surface area (Å²) >= 11 is 5.86. The Labute approximate surface area is 200 Å². The maximum Gasteiger partial charge on any atom is 0.329 e. The van der Waals surface area contributed by atoms with Crippen LogP contribution in [0.25, 0.3) is 6.08 Å². The first-order valence-electron chi connectivity index (χ1n) is 10.7. The van der Waals surface area contributed by atoms with Crippen LogP contribution in [0.5, 0.6) is 0 Å². The van der Waals surface area contributed by atoms with E-state index in [1.807, 2.05) is 0 Å². The van der Waals surface area contributed by atoms with Crippen LogP contribution in [0.2, 0.25) is 5.02 Å². The second-order valence-electron chi connectivity index (χ2n) is 9.26. The van der Waals surface area contributed by atoms with Gasteiger partial charge in [-0.1, -0.05) is 51.4 Å². The number of nitrogens with zero attached hydrogens (tertiary/aromatic N) is 2. The van der Waals surface area contributed by atoms with Gasteiger partial charge in [-0.3, -0.25) is 9.59 Å². The molecule has 33 heavy (non-hydrogen) atoms. The second-order valence-corrected chi connectivity index (χ2v) is 11.5. The Hall–Kier alpha value is -2.23. The molecule has 0 unspecified atom stereocenters. The van der Waals surface area contributed by atoms with E-state index >= 15 is 0 Å². The van der Waals surface area contributed by atoms with Gasteiger partial charge in [0.25, 0.3) is 0 Å². The van der Waals surface area contributed by atoms with Gasteiger partial charge in [0.05, 0.1) is 6.54 Å². The van der Waals surface area contributed by atoms with Crippen molar-refractivity contribution in [3.63, 3.8) is 0 Å². The molecule has 1 saturated heterocycles. The molecule has 1 aromatic carbocycles. The van der Waals surface area contributed by atoms with Crippen LogP contribution in [0.1, 0.15) is 53.0 Å². The number of carbonyl (C=O) groups is 3. The van der Waals surface area contributed by atoms with Gasteiger partial charge in [0, 0.05) is 23.4 Å².